The van der Waals surface area contributed by atoms with Crippen LogP contribution in [0.5, 0.6) is 5.75 Å². The molecule has 1 aliphatic rings. The number of aryl methyl sites for hydroxylation is 1. The summed E-state index contributed by atoms with van der Waals surface area (Å²) in [5, 5.41) is 8.13. The minimum absolute atomic E-state index is 0.110. The van der Waals surface area contributed by atoms with Gasteiger partial charge in [0.05, 0.1) is 35.6 Å². The number of carbonyl (C=O) groups excluding carboxylic acids is 1. The zero-order valence-corrected chi connectivity index (χ0v) is 21.6. The average Bonchev–Trinajstić information content (AvgIpc) is 3.11. The summed E-state index contributed by atoms with van der Waals surface area (Å²) in [6, 6.07) is 13.9. The van der Waals surface area contributed by atoms with E-state index in [9.17, 15) is 13.2 Å². The van der Waals surface area contributed by atoms with E-state index >= 15 is 0 Å². The standard InChI is InChI=1S/C25H29ClN4O4S/c1-17-24(18(2)30(28-17)16-19-5-4-6-22(15-19)34-3)27-25(31)20-11-13-29(14-12-20)35(32,33)23-9-7-21(26)8-10-23/h4-10,15,20H,11-14,16H2,1-3H3,(H,27,31). The summed E-state index contributed by atoms with van der Waals surface area (Å²) in [4.78, 5) is 13.2. The molecule has 0 radical (unpaired) electrons. The van der Waals surface area contributed by atoms with Gasteiger partial charge in [-0.2, -0.15) is 9.40 Å². The van der Waals surface area contributed by atoms with E-state index in [4.69, 9.17) is 16.3 Å². The highest BCUT2D eigenvalue weighted by molar-refractivity contribution is 7.89. The lowest BCUT2D eigenvalue weighted by atomic mass is 9.97. The van der Waals surface area contributed by atoms with E-state index in [2.05, 4.69) is 10.4 Å². The van der Waals surface area contributed by atoms with Crippen LogP contribution in [0.3, 0.4) is 0 Å². The number of nitrogens with zero attached hydrogens (tertiary/aromatic N) is 3. The first-order valence-electron chi connectivity index (χ1n) is 11.4. The van der Waals surface area contributed by atoms with Crippen molar-refractivity contribution in [1.29, 1.82) is 0 Å². The molecule has 2 heterocycles. The van der Waals surface area contributed by atoms with Gasteiger partial charge in [-0.15, -0.1) is 0 Å². The van der Waals surface area contributed by atoms with Crippen molar-refractivity contribution in [3.8, 4) is 5.75 Å². The van der Waals surface area contributed by atoms with Crippen LogP contribution in [0.2, 0.25) is 5.02 Å². The molecular weight excluding hydrogens is 488 g/mol. The van der Waals surface area contributed by atoms with Crippen molar-refractivity contribution in [1.82, 2.24) is 14.1 Å². The van der Waals surface area contributed by atoms with E-state index in [1.165, 1.54) is 16.4 Å². The molecule has 1 saturated heterocycles. The van der Waals surface area contributed by atoms with E-state index in [1.807, 2.05) is 42.8 Å². The van der Waals surface area contributed by atoms with Crippen LogP contribution in [0, 0.1) is 19.8 Å². The highest BCUT2D eigenvalue weighted by Crippen LogP contribution is 2.27. The highest BCUT2D eigenvalue weighted by atomic mass is 35.5. The Morgan fingerprint density at radius 1 is 1.14 bits per heavy atom. The number of ether oxygens (including phenoxy) is 1. The number of nitrogens with one attached hydrogen (secondary N) is 1. The lowest BCUT2D eigenvalue weighted by molar-refractivity contribution is -0.120. The molecule has 1 fully saturated rings. The molecule has 0 spiro atoms. The molecule has 10 heteroatoms. The number of amides is 1. The quantitative estimate of drug-likeness (QED) is 0.506. The number of hydrogen-bond acceptors (Lipinski definition) is 5. The summed E-state index contributed by atoms with van der Waals surface area (Å²) in [5.41, 5.74) is 3.35. The number of aromatic nitrogens is 2. The third-order valence-electron chi connectivity index (χ3n) is 6.37. The van der Waals surface area contributed by atoms with E-state index in [-0.39, 0.29) is 29.8 Å². The van der Waals surface area contributed by atoms with Gasteiger partial charge in [0.1, 0.15) is 5.75 Å². The molecule has 0 aliphatic carbocycles. The Morgan fingerprint density at radius 2 is 1.83 bits per heavy atom. The van der Waals surface area contributed by atoms with Crippen LogP contribution in [0.1, 0.15) is 29.8 Å². The number of rotatable bonds is 7. The second-order valence-electron chi connectivity index (χ2n) is 8.68. The van der Waals surface area contributed by atoms with Gasteiger partial charge in [0.25, 0.3) is 0 Å². The summed E-state index contributed by atoms with van der Waals surface area (Å²) in [6.45, 7) is 4.93. The molecule has 0 saturated carbocycles. The minimum atomic E-state index is -3.61. The summed E-state index contributed by atoms with van der Waals surface area (Å²) in [6.07, 6.45) is 0.906. The number of benzene rings is 2. The first-order valence-corrected chi connectivity index (χ1v) is 13.2. The van der Waals surface area contributed by atoms with Crippen molar-refractivity contribution in [2.45, 2.75) is 38.1 Å². The largest absolute Gasteiger partial charge is 0.497 e. The lowest BCUT2D eigenvalue weighted by Gasteiger charge is -2.30. The van der Waals surface area contributed by atoms with Gasteiger partial charge in [-0.05, 0) is 68.7 Å². The van der Waals surface area contributed by atoms with Crippen LogP contribution < -0.4 is 10.1 Å². The van der Waals surface area contributed by atoms with Gasteiger partial charge in [-0.25, -0.2) is 8.42 Å². The van der Waals surface area contributed by atoms with Crippen LogP contribution in [0.4, 0.5) is 5.69 Å². The molecule has 2 aromatic carbocycles. The Morgan fingerprint density at radius 3 is 2.49 bits per heavy atom. The van der Waals surface area contributed by atoms with Crippen LogP contribution in [0.15, 0.2) is 53.4 Å². The number of hydrogen-bond donors (Lipinski definition) is 1. The van der Waals surface area contributed by atoms with Crippen LogP contribution >= 0.6 is 11.6 Å². The molecule has 8 nitrogen and oxygen atoms in total. The Labute approximate surface area is 210 Å². The molecule has 1 aromatic heterocycles. The van der Waals surface area contributed by atoms with Gasteiger partial charge in [0.15, 0.2) is 0 Å². The molecule has 1 aliphatic heterocycles. The minimum Gasteiger partial charge on any atom is -0.497 e. The van der Waals surface area contributed by atoms with Gasteiger partial charge < -0.3 is 10.1 Å². The predicted octanol–water partition coefficient (Wildman–Crippen LogP) is 4.25. The van der Waals surface area contributed by atoms with Crippen molar-refractivity contribution >= 4 is 33.2 Å². The molecule has 0 unspecified atom stereocenters. The van der Waals surface area contributed by atoms with Gasteiger partial charge in [-0.1, -0.05) is 23.7 Å². The SMILES string of the molecule is COc1cccc(Cn2nc(C)c(NC(=O)C3CCN(S(=O)(=O)c4ccc(Cl)cc4)CC3)c2C)c1. The second kappa shape index (κ2) is 10.4. The van der Waals surface area contributed by atoms with Crippen LogP contribution in [-0.2, 0) is 21.4 Å². The van der Waals surface area contributed by atoms with Crippen molar-refractivity contribution in [3.63, 3.8) is 0 Å². The van der Waals surface area contributed by atoms with Gasteiger partial charge in [-0.3, -0.25) is 9.48 Å². The van der Waals surface area contributed by atoms with E-state index in [0.29, 0.717) is 30.1 Å². The summed E-state index contributed by atoms with van der Waals surface area (Å²) in [7, 11) is -1.98. The number of halogens is 1. The number of carbonyl (C=O) groups is 1. The number of anilines is 1. The smallest absolute Gasteiger partial charge is 0.243 e. The van der Waals surface area contributed by atoms with Crippen molar-refractivity contribution < 1.29 is 17.9 Å². The van der Waals surface area contributed by atoms with Crippen LogP contribution in [-0.4, -0.2) is 48.6 Å². The molecule has 1 amide bonds. The molecule has 4 rings (SSSR count). The molecule has 1 N–H and O–H groups in total. The second-order valence-corrected chi connectivity index (χ2v) is 11.1. The lowest BCUT2D eigenvalue weighted by Crippen LogP contribution is -2.41. The molecule has 0 bridgehead atoms. The fourth-order valence-corrected chi connectivity index (χ4v) is 5.91. The van der Waals surface area contributed by atoms with E-state index < -0.39 is 10.0 Å². The third-order valence-corrected chi connectivity index (χ3v) is 8.54. The monoisotopic (exact) mass is 516 g/mol. The van der Waals surface area contributed by atoms with E-state index in [1.54, 1.807) is 19.2 Å². The summed E-state index contributed by atoms with van der Waals surface area (Å²) in [5.74, 6) is 0.398. The van der Waals surface area contributed by atoms with Crippen molar-refractivity contribution in [3.05, 3.63) is 70.5 Å². The van der Waals surface area contributed by atoms with Gasteiger partial charge in [0.2, 0.25) is 15.9 Å². The fraction of sp³-hybridized carbons (Fsp3) is 0.360. The molecule has 186 valence electrons. The van der Waals surface area contributed by atoms with E-state index in [0.717, 1.165) is 22.7 Å². The highest BCUT2D eigenvalue weighted by Gasteiger charge is 2.32. The van der Waals surface area contributed by atoms with Gasteiger partial charge >= 0.3 is 0 Å². The maximum atomic E-state index is 13.0. The first kappa shape index (κ1) is 25.2. The molecule has 3 aromatic rings. The predicted molar refractivity (Wildman–Crippen MR) is 135 cm³/mol. The van der Waals surface area contributed by atoms with Gasteiger partial charge in [0, 0.05) is 24.0 Å². The Bertz CT molecular complexity index is 1310. The Hall–Kier alpha value is -2.88. The Kier molecular flexibility index (Phi) is 7.49. The zero-order valence-electron chi connectivity index (χ0n) is 20.0. The molecular formula is C25H29ClN4O4S. The number of sulfonamides is 1. The average molecular weight is 517 g/mol. The number of piperidine rings is 1. The topological polar surface area (TPSA) is 93.5 Å². The number of methoxy groups -OCH3 is 1. The fourth-order valence-electron chi connectivity index (χ4n) is 4.31. The maximum absolute atomic E-state index is 13.0. The first-order chi connectivity index (χ1) is 16.7. The molecule has 0 atom stereocenters. The summed E-state index contributed by atoms with van der Waals surface area (Å²) >= 11 is 5.88. The third kappa shape index (κ3) is 5.52. The van der Waals surface area contributed by atoms with Crippen molar-refractivity contribution in [2.24, 2.45) is 5.92 Å². The Balaban J connectivity index is 1.39. The molecule has 35 heavy (non-hydrogen) atoms. The zero-order chi connectivity index (χ0) is 25.2. The maximum Gasteiger partial charge on any atom is 0.243 e. The normalized spacial score (nSPS) is 15.2. The summed E-state index contributed by atoms with van der Waals surface area (Å²) < 4.78 is 34.4. The van der Waals surface area contributed by atoms with Crippen LogP contribution in [0.25, 0.3) is 0 Å². The van der Waals surface area contributed by atoms with Crippen molar-refractivity contribution in [2.75, 3.05) is 25.5 Å².